The van der Waals surface area contributed by atoms with E-state index in [4.69, 9.17) is 5.11 Å². The normalized spacial score (nSPS) is 19.8. The van der Waals surface area contributed by atoms with Gasteiger partial charge < -0.3 is 15.3 Å². The molecule has 0 bridgehead atoms. The second-order valence-corrected chi connectivity index (χ2v) is 5.37. The number of aromatic nitrogens is 1. The van der Waals surface area contributed by atoms with Crippen molar-refractivity contribution in [1.82, 2.24) is 9.88 Å². The molecule has 5 nitrogen and oxygen atoms in total. The fraction of sp³-hybridized carbons (Fsp3) is 0.600. The molecule has 1 aliphatic rings. The van der Waals surface area contributed by atoms with Gasteiger partial charge in [-0.15, -0.1) is 0 Å². The molecule has 0 saturated carbocycles. The van der Waals surface area contributed by atoms with Crippen molar-refractivity contribution in [2.75, 3.05) is 31.6 Å². The zero-order valence-corrected chi connectivity index (χ0v) is 12.0. The number of hydrogen-bond donors (Lipinski definition) is 2. The lowest BCUT2D eigenvalue weighted by molar-refractivity contribution is -0.121. The van der Waals surface area contributed by atoms with E-state index in [1.807, 2.05) is 25.1 Å². The van der Waals surface area contributed by atoms with E-state index in [0.29, 0.717) is 5.82 Å². The Morgan fingerprint density at radius 3 is 3.15 bits per heavy atom. The van der Waals surface area contributed by atoms with E-state index in [-0.39, 0.29) is 18.4 Å². The van der Waals surface area contributed by atoms with Crippen LogP contribution in [-0.2, 0) is 4.79 Å². The van der Waals surface area contributed by atoms with Crippen molar-refractivity contribution in [2.24, 2.45) is 5.92 Å². The number of carbonyl (C=O) groups is 1. The number of aryl methyl sites for hydroxylation is 1. The number of rotatable bonds is 5. The standard InChI is InChI=1S/C15H23N3O2/c1-12-5-2-7-14(16-12)17-15(20)13-6-3-8-18(11-13)9-4-10-19/h2,5,7,13,19H,3-4,6,8-11H2,1H3,(H,16,17,20). The molecular formula is C15H23N3O2. The molecule has 1 aromatic rings. The van der Waals surface area contributed by atoms with Crippen molar-refractivity contribution in [3.8, 4) is 0 Å². The zero-order valence-electron chi connectivity index (χ0n) is 12.0. The third-order valence-corrected chi connectivity index (χ3v) is 3.65. The van der Waals surface area contributed by atoms with E-state index in [9.17, 15) is 4.79 Å². The van der Waals surface area contributed by atoms with Gasteiger partial charge in [-0.3, -0.25) is 4.79 Å². The molecule has 1 aromatic heterocycles. The van der Waals surface area contributed by atoms with Crippen molar-refractivity contribution in [1.29, 1.82) is 0 Å². The Labute approximate surface area is 120 Å². The summed E-state index contributed by atoms with van der Waals surface area (Å²) >= 11 is 0. The van der Waals surface area contributed by atoms with Gasteiger partial charge in [-0.2, -0.15) is 0 Å². The Morgan fingerprint density at radius 2 is 2.40 bits per heavy atom. The molecule has 1 unspecified atom stereocenters. The van der Waals surface area contributed by atoms with Gasteiger partial charge in [0.25, 0.3) is 0 Å². The predicted molar refractivity (Wildman–Crippen MR) is 78.5 cm³/mol. The van der Waals surface area contributed by atoms with Gasteiger partial charge in [0.1, 0.15) is 5.82 Å². The topological polar surface area (TPSA) is 65.5 Å². The van der Waals surface area contributed by atoms with Crippen LogP contribution in [0, 0.1) is 12.8 Å². The first kappa shape index (κ1) is 14.9. The van der Waals surface area contributed by atoms with Crippen molar-refractivity contribution in [3.63, 3.8) is 0 Å². The number of aliphatic hydroxyl groups excluding tert-OH is 1. The summed E-state index contributed by atoms with van der Waals surface area (Å²) in [5.41, 5.74) is 0.899. The number of aliphatic hydroxyl groups is 1. The molecule has 5 heteroatoms. The van der Waals surface area contributed by atoms with Gasteiger partial charge in [0.2, 0.25) is 5.91 Å². The zero-order chi connectivity index (χ0) is 14.4. The smallest absolute Gasteiger partial charge is 0.229 e. The number of likely N-dealkylation sites (tertiary alicyclic amines) is 1. The van der Waals surface area contributed by atoms with Gasteiger partial charge in [-0.05, 0) is 44.9 Å². The van der Waals surface area contributed by atoms with Crippen molar-refractivity contribution >= 4 is 11.7 Å². The van der Waals surface area contributed by atoms with E-state index >= 15 is 0 Å². The first-order chi connectivity index (χ1) is 9.69. The monoisotopic (exact) mass is 277 g/mol. The summed E-state index contributed by atoms with van der Waals surface area (Å²) in [5.74, 6) is 0.698. The summed E-state index contributed by atoms with van der Waals surface area (Å²) in [6, 6.07) is 5.62. The molecule has 2 N–H and O–H groups in total. The van der Waals surface area contributed by atoms with Gasteiger partial charge in [0.05, 0.1) is 5.92 Å². The van der Waals surface area contributed by atoms with Gasteiger partial charge >= 0.3 is 0 Å². The molecule has 0 aromatic carbocycles. The molecule has 1 aliphatic heterocycles. The summed E-state index contributed by atoms with van der Waals surface area (Å²) in [7, 11) is 0. The molecule has 0 radical (unpaired) electrons. The highest BCUT2D eigenvalue weighted by Crippen LogP contribution is 2.18. The Morgan fingerprint density at radius 1 is 1.55 bits per heavy atom. The van der Waals surface area contributed by atoms with E-state index in [0.717, 1.165) is 44.6 Å². The highest BCUT2D eigenvalue weighted by Gasteiger charge is 2.25. The maximum atomic E-state index is 12.3. The summed E-state index contributed by atoms with van der Waals surface area (Å²) in [6.45, 7) is 4.78. The fourth-order valence-electron chi connectivity index (χ4n) is 2.61. The largest absolute Gasteiger partial charge is 0.396 e. The van der Waals surface area contributed by atoms with Crippen LogP contribution in [0.3, 0.4) is 0 Å². The van der Waals surface area contributed by atoms with Crippen molar-refractivity contribution in [3.05, 3.63) is 23.9 Å². The van der Waals surface area contributed by atoms with E-state index in [1.165, 1.54) is 0 Å². The quantitative estimate of drug-likeness (QED) is 0.854. The Hall–Kier alpha value is -1.46. The summed E-state index contributed by atoms with van der Waals surface area (Å²) in [4.78, 5) is 18.8. The van der Waals surface area contributed by atoms with Crippen molar-refractivity contribution in [2.45, 2.75) is 26.2 Å². The molecule has 20 heavy (non-hydrogen) atoms. The third-order valence-electron chi connectivity index (χ3n) is 3.65. The van der Waals surface area contributed by atoms with Crippen molar-refractivity contribution < 1.29 is 9.90 Å². The van der Waals surface area contributed by atoms with E-state index < -0.39 is 0 Å². The molecule has 0 aliphatic carbocycles. The maximum Gasteiger partial charge on any atom is 0.229 e. The minimum absolute atomic E-state index is 0.0183. The summed E-state index contributed by atoms with van der Waals surface area (Å²) < 4.78 is 0. The Balaban J connectivity index is 1.88. The van der Waals surface area contributed by atoms with Crippen LogP contribution in [0.4, 0.5) is 5.82 Å². The molecule has 110 valence electrons. The average molecular weight is 277 g/mol. The second kappa shape index (κ2) is 7.36. The number of anilines is 1. The SMILES string of the molecule is Cc1cccc(NC(=O)C2CCCN(CCCO)C2)n1. The first-order valence-electron chi connectivity index (χ1n) is 7.27. The van der Waals surface area contributed by atoms with Crippen LogP contribution in [-0.4, -0.2) is 47.1 Å². The number of pyridine rings is 1. The maximum absolute atomic E-state index is 12.3. The number of nitrogens with one attached hydrogen (secondary N) is 1. The van der Waals surface area contributed by atoms with Gasteiger partial charge in [0, 0.05) is 25.4 Å². The summed E-state index contributed by atoms with van der Waals surface area (Å²) in [6.07, 6.45) is 2.73. The average Bonchev–Trinajstić information content (AvgIpc) is 2.45. The molecule has 1 amide bonds. The first-order valence-corrected chi connectivity index (χ1v) is 7.27. The predicted octanol–water partition coefficient (Wildman–Crippen LogP) is 1.42. The van der Waals surface area contributed by atoms with Crippen LogP contribution in [0.25, 0.3) is 0 Å². The third kappa shape index (κ3) is 4.28. The van der Waals surface area contributed by atoms with Crippen LogP contribution in [0.2, 0.25) is 0 Å². The van der Waals surface area contributed by atoms with Crippen LogP contribution in [0.1, 0.15) is 25.0 Å². The molecule has 2 rings (SSSR count). The molecular weight excluding hydrogens is 254 g/mol. The lowest BCUT2D eigenvalue weighted by Crippen LogP contribution is -2.41. The number of carbonyl (C=O) groups excluding carboxylic acids is 1. The van der Waals surface area contributed by atoms with Crippen LogP contribution in [0.5, 0.6) is 0 Å². The van der Waals surface area contributed by atoms with Gasteiger partial charge in [-0.1, -0.05) is 6.07 Å². The minimum Gasteiger partial charge on any atom is -0.396 e. The number of nitrogens with zero attached hydrogens (tertiary/aromatic N) is 2. The second-order valence-electron chi connectivity index (χ2n) is 5.37. The van der Waals surface area contributed by atoms with Gasteiger partial charge in [0.15, 0.2) is 0 Å². The van der Waals surface area contributed by atoms with E-state index in [1.54, 1.807) is 0 Å². The van der Waals surface area contributed by atoms with Crippen LogP contribution in [0.15, 0.2) is 18.2 Å². The molecule has 1 saturated heterocycles. The van der Waals surface area contributed by atoms with E-state index in [2.05, 4.69) is 15.2 Å². The van der Waals surface area contributed by atoms with Crippen LogP contribution < -0.4 is 5.32 Å². The Bertz CT molecular complexity index is 450. The lowest BCUT2D eigenvalue weighted by atomic mass is 9.97. The number of hydrogen-bond acceptors (Lipinski definition) is 4. The molecule has 0 spiro atoms. The van der Waals surface area contributed by atoms with Gasteiger partial charge in [-0.25, -0.2) is 4.98 Å². The molecule has 2 heterocycles. The molecule has 1 fully saturated rings. The lowest BCUT2D eigenvalue weighted by Gasteiger charge is -2.31. The Kier molecular flexibility index (Phi) is 5.49. The van der Waals surface area contributed by atoms with Crippen LogP contribution >= 0.6 is 0 Å². The number of amides is 1. The molecule has 1 atom stereocenters. The minimum atomic E-state index is 0.0183. The fourth-order valence-corrected chi connectivity index (χ4v) is 2.61. The number of piperidine rings is 1. The highest BCUT2D eigenvalue weighted by molar-refractivity contribution is 5.91. The summed E-state index contributed by atoms with van der Waals surface area (Å²) in [5, 5.41) is 11.8. The highest BCUT2D eigenvalue weighted by atomic mass is 16.3.